The Kier molecular flexibility index (Phi) is 9.36. The van der Waals surface area contributed by atoms with Crippen LogP contribution < -0.4 is 10.6 Å². The van der Waals surface area contributed by atoms with Gasteiger partial charge in [-0.1, -0.05) is 6.92 Å². The molecule has 7 nitrogen and oxygen atoms in total. The highest BCUT2D eigenvalue weighted by Crippen LogP contribution is 2.27. The van der Waals surface area contributed by atoms with Crippen molar-refractivity contribution < 1.29 is 19.1 Å². The SMILES string of the molecule is CCCN(C(=O)C1CCC(NC(=O)COCCOC)CC1)C1CCNC1. The van der Waals surface area contributed by atoms with Crippen molar-refractivity contribution in [2.45, 2.75) is 57.5 Å². The number of nitrogens with zero attached hydrogens (tertiary/aromatic N) is 1. The van der Waals surface area contributed by atoms with Crippen LogP contribution in [0.4, 0.5) is 0 Å². The molecule has 2 N–H and O–H groups in total. The van der Waals surface area contributed by atoms with Crippen LogP contribution in [-0.2, 0) is 19.1 Å². The molecular weight excluding hydrogens is 334 g/mol. The van der Waals surface area contributed by atoms with Gasteiger partial charge in [0.2, 0.25) is 11.8 Å². The molecule has 150 valence electrons. The van der Waals surface area contributed by atoms with E-state index < -0.39 is 0 Å². The monoisotopic (exact) mass is 369 g/mol. The Morgan fingerprint density at radius 3 is 2.54 bits per heavy atom. The number of ether oxygens (including phenoxy) is 2. The zero-order valence-electron chi connectivity index (χ0n) is 16.3. The zero-order valence-corrected chi connectivity index (χ0v) is 16.3. The lowest BCUT2D eigenvalue weighted by molar-refractivity contribution is -0.138. The van der Waals surface area contributed by atoms with Gasteiger partial charge in [0.05, 0.1) is 13.2 Å². The van der Waals surface area contributed by atoms with Crippen LogP contribution in [0.25, 0.3) is 0 Å². The highest BCUT2D eigenvalue weighted by molar-refractivity contribution is 5.80. The van der Waals surface area contributed by atoms with Crippen LogP contribution in [0, 0.1) is 5.92 Å². The van der Waals surface area contributed by atoms with Crippen LogP contribution in [0.15, 0.2) is 0 Å². The van der Waals surface area contributed by atoms with Gasteiger partial charge >= 0.3 is 0 Å². The van der Waals surface area contributed by atoms with Gasteiger partial charge in [-0.3, -0.25) is 9.59 Å². The molecule has 0 aromatic rings. The minimum atomic E-state index is -0.0829. The maximum absolute atomic E-state index is 13.0. The van der Waals surface area contributed by atoms with Crippen molar-refractivity contribution in [2.75, 3.05) is 46.6 Å². The van der Waals surface area contributed by atoms with Crippen molar-refractivity contribution in [1.82, 2.24) is 15.5 Å². The lowest BCUT2D eigenvalue weighted by atomic mass is 9.84. The van der Waals surface area contributed by atoms with Gasteiger partial charge in [-0.2, -0.15) is 0 Å². The van der Waals surface area contributed by atoms with Crippen molar-refractivity contribution in [3.8, 4) is 0 Å². The highest BCUT2D eigenvalue weighted by Gasteiger charge is 2.33. The lowest BCUT2D eigenvalue weighted by Gasteiger charge is -2.35. The lowest BCUT2D eigenvalue weighted by Crippen LogP contribution is -2.47. The van der Waals surface area contributed by atoms with Gasteiger partial charge in [-0.15, -0.1) is 0 Å². The Bertz CT molecular complexity index is 433. The zero-order chi connectivity index (χ0) is 18.8. The van der Waals surface area contributed by atoms with E-state index in [9.17, 15) is 9.59 Å². The number of amides is 2. The van der Waals surface area contributed by atoms with E-state index in [4.69, 9.17) is 9.47 Å². The van der Waals surface area contributed by atoms with Crippen molar-refractivity contribution in [3.63, 3.8) is 0 Å². The van der Waals surface area contributed by atoms with Crippen LogP contribution in [0.5, 0.6) is 0 Å². The number of carbonyl (C=O) groups is 2. The molecule has 26 heavy (non-hydrogen) atoms. The fourth-order valence-corrected chi connectivity index (χ4v) is 3.91. The molecule has 0 radical (unpaired) electrons. The summed E-state index contributed by atoms with van der Waals surface area (Å²) in [5.74, 6) is 0.335. The van der Waals surface area contributed by atoms with Gasteiger partial charge in [0, 0.05) is 38.2 Å². The number of hydrogen-bond acceptors (Lipinski definition) is 5. The number of hydrogen-bond donors (Lipinski definition) is 2. The van der Waals surface area contributed by atoms with Gasteiger partial charge in [0.25, 0.3) is 0 Å². The fraction of sp³-hybridized carbons (Fsp3) is 0.895. The second-order valence-electron chi connectivity index (χ2n) is 7.34. The van der Waals surface area contributed by atoms with E-state index in [1.165, 1.54) is 0 Å². The molecule has 1 aliphatic carbocycles. The van der Waals surface area contributed by atoms with E-state index in [1.807, 2.05) is 0 Å². The molecular formula is C19H35N3O4. The maximum atomic E-state index is 13.0. The van der Waals surface area contributed by atoms with E-state index in [1.54, 1.807) is 7.11 Å². The maximum Gasteiger partial charge on any atom is 0.246 e. The first kappa shape index (κ1) is 21.1. The Morgan fingerprint density at radius 2 is 1.92 bits per heavy atom. The first-order valence-corrected chi connectivity index (χ1v) is 10.0. The average molecular weight is 370 g/mol. The van der Waals surface area contributed by atoms with Crippen molar-refractivity contribution in [1.29, 1.82) is 0 Å². The summed E-state index contributed by atoms with van der Waals surface area (Å²) in [5.41, 5.74) is 0. The summed E-state index contributed by atoms with van der Waals surface area (Å²) in [6, 6.07) is 0.509. The van der Waals surface area contributed by atoms with Crippen LogP contribution in [-0.4, -0.2) is 75.4 Å². The van der Waals surface area contributed by atoms with Gasteiger partial charge < -0.3 is 25.0 Å². The quantitative estimate of drug-likeness (QED) is 0.560. The van der Waals surface area contributed by atoms with Gasteiger partial charge in [0.15, 0.2) is 0 Å². The summed E-state index contributed by atoms with van der Waals surface area (Å²) in [7, 11) is 1.61. The Hall–Kier alpha value is -1.18. The van der Waals surface area contributed by atoms with Gasteiger partial charge in [0.1, 0.15) is 6.61 Å². The normalized spacial score (nSPS) is 25.8. The van der Waals surface area contributed by atoms with Crippen LogP contribution in [0.3, 0.4) is 0 Å². The number of rotatable bonds is 10. The Morgan fingerprint density at radius 1 is 1.15 bits per heavy atom. The van der Waals surface area contributed by atoms with E-state index >= 15 is 0 Å². The first-order valence-electron chi connectivity index (χ1n) is 10.0. The Labute approximate surface area is 157 Å². The molecule has 1 atom stereocenters. The number of carbonyl (C=O) groups excluding carboxylic acids is 2. The third kappa shape index (κ3) is 6.52. The van der Waals surface area contributed by atoms with Crippen LogP contribution in [0.1, 0.15) is 45.4 Å². The molecule has 0 bridgehead atoms. The average Bonchev–Trinajstić information content (AvgIpc) is 3.18. The topological polar surface area (TPSA) is 79.9 Å². The molecule has 2 fully saturated rings. The minimum absolute atomic E-state index is 0.0706. The van der Waals surface area contributed by atoms with Gasteiger partial charge in [-0.25, -0.2) is 0 Å². The van der Waals surface area contributed by atoms with Crippen molar-refractivity contribution in [2.24, 2.45) is 5.92 Å². The molecule has 0 aromatic carbocycles. The van der Waals surface area contributed by atoms with E-state index in [0.717, 1.165) is 58.2 Å². The molecule has 7 heteroatoms. The summed E-state index contributed by atoms with van der Waals surface area (Å²) >= 11 is 0. The summed E-state index contributed by atoms with van der Waals surface area (Å²) in [4.78, 5) is 27.0. The molecule has 1 saturated heterocycles. The van der Waals surface area contributed by atoms with Crippen molar-refractivity contribution >= 4 is 11.8 Å². The van der Waals surface area contributed by atoms with Crippen molar-refractivity contribution in [3.05, 3.63) is 0 Å². The molecule has 0 aromatic heterocycles. The smallest absolute Gasteiger partial charge is 0.246 e. The van der Waals surface area contributed by atoms with Crippen LogP contribution in [0.2, 0.25) is 0 Å². The molecule has 2 rings (SSSR count). The van der Waals surface area contributed by atoms with E-state index in [2.05, 4.69) is 22.5 Å². The van der Waals surface area contributed by atoms with Gasteiger partial charge in [-0.05, 0) is 45.1 Å². The second-order valence-corrected chi connectivity index (χ2v) is 7.34. The predicted octanol–water partition coefficient (Wildman–Crippen LogP) is 0.925. The molecule has 1 heterocycles. The van der Waals surface area contributed by atoms with E-state index in [-0.39, 0.29) is 24.5 Å². The first-order chi connectivity index (χ1) is 12.7. The van der Waals surface area contributed by atoms with Crippen LogP contribution >= 0.6 is 0 Å². The standard InChI is InChI=1S/C19H35N3O4/c1-3-10-22(17-8-9-20-13-17)19(24)15-4-6-16(7-5-15)21-18(23)14-26-12-11-25-2/h15-17,20H,3-14H2,1-2H3,(H,21,23). The summed E-state index contributed by atoms with van der Waals surface area (Å²) in [6.45, 7) is 5.88. The Balaban J connectivity index is 1.72. The van der Waals surface area contributed by atoms with E-state index in [0.29, 0.717) is 25.2 Å². The largest absolute Gasteiger partial charge is 0.382 e. The molecule has 1 saturated carbocycles. The highest BCUT2D eigenvalue weighted by atomic mass is 16.5. The molecule has 1 aliphatic heterocycles. The molecule has 2 aliphatic rings. The second kappa shape index (κ2) is 11.5. The summed E-state index contributed by atoms with van der Waals surface area (Å²) < 4.78 is 10.1. The molecule has 0 spiro atoms. The molecule has 1 unspecified atom stereocenters. The minimum Gasteiger partial charge on any atom is -0.382 e. The fourth-order valence-electron chi connectivity index (χ4n) is 3.91. The summed E-state index contributed by atoms with van der Waals surface area (Å²) in [6.07, 6.45) is 5.49. The number of methoxy groups -OCH3 is 1. The summed E-state index contributed by atoms with van der Waals surface area (Å²) in [5, 5.41) is 6.39. The predicted molar refractivity (Wildman–Crippen MR) is 99.9 cm³/mol. The third-order valence-electron chi connectivity index (χ3n) is 5.33. The third-order valence-corrected chi connectivity index (χ3v) is 5.33. The number of nitrogens with one attached hydrogen (secondary N) is 2. The molecule has 2 amide bonds.